The van der Waals surface area contributed by atoms with E-state index in [1.54, 1.807) is 10.9 Å². The molecule has 2 rings (SSSR count). The second kappa shape index (κ2) is 5.53. The van der Waals surface area contributed by atoms with E-state index in [0.29, 0.717) is 17.0 Å². The minimum atomic E-state index is -0.406. The molecule has 0 saturated carbocycles. The Morgan fingerprint density at radius 2 is 2.28 bits per heavy atom. The number of pyridine rings is 1. The van der Waals surface area contributed by atoms with Crippen LogP contribution in [0.25, 0.3) is 11.4 Å². The Kier molecular flexibility index (Phi) is 3.82. The molecule has 0 bridgehead atoms. The largest absolute Gasteiger partial charge is 0.298 e. The topological polar surface area (TPSA) is 47.8 Å². The molecule has 0 unspecified atom stereocenters. The van der Waals surface area contributed by atoms with Gasteiger partial charge in [-0.2, -0.15) is 5.10 Å². The maximum atomic E-state index is 12.8. The molecule has 0 N–H and O–H groups in total. The Hall–Kier alpha value is -2.04. The molecule has 0 fully saturated rings. The molecular formula is C13H14FN3O. The maximum absolute atomic E-state index is 12.8. The van der Waals surface area contributed by atoms with Crippen LogP contribution in [0.2, 0.25) is 0 Å². The molecule has 2 aromatic heterocycles. The van der Waals surface area contributed by atoms with Crippen molar-refractivity contribution < 1.29 is 9.18 Å². The zero-order valence-electron chi connectivity index (χ0n) is 10.1. The van der Waals surface area contributed by atoms with Crippen LogP contribution >= 0.6 is 0 Å². The molecule has 4 nitrogen and oxygen atoms in total. The average molecular weight is 247 g/mol. The summed E-state index contributed by atoms with van der Waals surface area (Å²) in [6.45, 7) is 2.85. The molecule has 0 radical (unpaired) electrons. The number of rotatable bonds is 5. The number of carbonyl (C=O) groups excluding carboxylic acids is 1. The van der Waals surface area contributed by atoms with Crippen molar-refractivity contribution in [1.82, 2.24) is 14.8 Å². The van der Waals surface area contributed by atoms with Crippen molar-refractivity contribution in [3.05, 3.63) is 35.9 Å². The quantitative estimate of drug-likeness (QED) is 0.763. The van der Waals surface area contributed by atoms with Gasteiger partial charge in [0.05, 0.1) is 17.5 Å². The van der Waals surface area contributed by atoms with Crippen LogP contribution in [0.15, 0.2) is 24.5 Å². The van der Waals surface area contributed by atoms with E-state index in [1.165, 1.54) is 12.1 Å². The third-order valence-electron chi connectivity index (χ3n) is 2.63. The Bertz CT molecular complexity index is 534. The first-order valence-corrected chi connectivity index (χ1v) is 5.89. The van der Waals surface area contributed by atoms with E-state index in [4.69, 9.17) is 0 Å². The molecule has 0 amide bonds. The number of aryl methyl sites for hydroxylation is 1. The fourth-order valence-electron chi connectivity index (χ4n) is 1.67. The number of halogens is 1. The summed E-state index contributed by atoms with van der Waals surface area (Å²) in [6, 6.07) is 2.83. The number of nitrogens with zero attached hydrogens (tertiary/aromatic N) is 3. The van der Waals surface area contributed by atoms with Crippen molar-refractivity contribution in [3.8, 4) is 11.4 Å². The summed E-state index contributed by atoms with van der Waals surface area (Å²) < 4.78 is 14.5. The van der Waals surface area contributed by atoms with Crippen molar-refractivity contribution in [3.63, 3.8) is 0 Å². The van der Waals surface area contributed by atoms with E-state index >= 15 is 0 Å². The monoisotopic (exact) mass is 247 g/mol. The van der Waals surface area contributed by atoms with Gasteiger partial charge in [0.25, 0.3) is 0 Å². The van der Waals surface area contributed by atoms with E-state index in [0.717, 1.165) is 31.9 Å². The molecule has 2 heterocycles. The molecule has 94 valence electrons. The zero-order chi connectivity index (χ0) is 13.0. The second-order valence-corrected chi connectivity index (χ2v) is 4.03. The van der Waals surface area contributed by atoms with Crippen molar-refractivity contribution in [2.45, 2.75) is 26.3 Å². The molecule has 0 aliphatic rings. The van der Waals surface area contributed by atoms with Crippen LogP contribution in [-0.4, -0.2) is 21.1 Å². The summed E-state index contributed by atoms with van der Waals surface area (Å²) >= 11 is 0. The Morgan fingerprint density at radius 3 is 2.89 bits per heavy atom. The summed E-state index contributed by atoms with van der Waals surface area (Å²) in [7, 11) is 0. The number of aldehydes is 1. The van der Waals surface area contributed by atoms with Crippen LogP contribution in [0.5, 0.6) is 0 Å². The lowest BCUT2D eigenvalue weighted by Crippen LogP contribution is -1.98. The van der Waals surface area contributed by atoms with Gasteiger partial charge in [-0.05, 0) is 18.6 Å². The fourth-order valence-corrected chi connectivity index (χ4v) is 1.67. The van der Waals surface area contributed by atoms with E-state index < -0.39 is 5.82 Å². The minimum absolute atomic E-state index is 0.406. The maximum Gasteiger partial charge on any atom is 0.153 e. The molecule has 0 atom stereocenters. The van der Waals surface area contributed by atoms with Crippen molar-refractivity contribution >= 4 is 6.29 Å². The fraction of sp³-hybridized carbons (Fsp3) is 0.308. The van der Waals surface area contributed by atoms with Gasteiger partial charge in [-0.15, -0.1) is 0 Å². The number of hydrogen-bond acceptors (Lipinski definition) is 3. The number of hydrogen-bond donors (Lipinski definition) is 0. The highest BCUT2D eigenvalue weighted by Crippen LogP contribution is 2.19. The lowest BCUT2D eigenvalue weighted by Gasteiger charge is -1.98. The summed E-state index contributed by atoms with van der Waals surface area (Å²) in [6.07, 6.45) is 5.62. The van der Waals surface area contributed by atoms with Gasteiger partial charge in [-0.25, -0.2) is 4.39 Å². The highest BCUT2D eigenvalue weighted by molar-refractivity contribution is 5.84. The summed E-state index contributed by atoms with van der Waals surface area (Å²) in [5.74, 6) is -0.406. The standard InChI is InChI=1S/C13H14FN3O/c1-2-3-6-17-8-10(9-18)13(16-17)12-5-4-11(14)7-15-12/h4-5,7-9H,2-3,6H2,1H3. The molecule has 0 aromatic carbocycles. The van der Waals surface area contributed by atoms with Gasteiger partial charge < -0.3 is 0 Å². The second-order valence-electron chi connectivity index (χ2n) is 4.03. The van der Waals surface area contributed by atoms with Gasteiger partial charge >= 0.3 is 0 Å². The van der Waals surface area contributed by atoms with Crippen LogP contribution in [-0.2, 0) is 6.54 Å². The van der Waals surface area contributed by atoms with Gasteiger partial charge in [0.15, 0.2) is 6.29 Å². The van der Waals surface area contributed by atoms with Crippen molar-refractivity contribution in [2.75, 3.05) is 0 Å². The average Bonchev–Trinajstić information content (AvgIpc) is 2.80. The molecule has 0 aliphatic heterocycles. The Morgan fingerprint density at radius 1 is 1.44 bits per heavy atom. The molecule has 0 saturated heterocycles. The van der Waals surface area contributed by atoms with Crippen molar-refractivity contribution in [1.29, 1.82) is 0 Å². The molecule has 0 spiro atoms. The smallest absolute Gasteiger partial charge is 0.153 e. The summed E-state index contributed by atoms with van der Waals surface area (Å²) in [4.78, 5) is 14.9. The predicted molar refractivity (Wildman–Crippen MR) is 65.7 cm³/mol. The van der Waals surface area contributed by atoms with E-state index in [2.05, 4.69) is 17.0 Å². The van der Waals surface area contributed by atoms with Crippen LogP contribution in [0.4, 0.5) is 4.39 Å². The Balaban J connectivity index is 2.33. The number of unbranched alkanes of at least 4 members (excludes halogenated alkanes) is 1. The highest BCUT2D eigenvalue weighted by atomic mass is 19.1. The van der Waals surface area contributed by atoms with Gasteiger partial charge in [0.1, 0.15) is 11.5 Å². The molecular weight excluding hydrogens is 233 g/mol. The molecule has 0 aliphatic carbocycles. The van der Waals surface area contributed by atoms with Crippen LogP contribution in [0.3, 0.4) is 0 Å². The highest BCUT2D eigenvalue weighted by Gasteiger charge is 2.11. The summed E-state index contributed by atoms with van der Waals surface area (Å²) in [5, 5.41) is 4.32. The van der Waals surface area contributed by atoms with Crippen LogP contribution in [0, 0.1) is 5.82 Å². The van der Waals surface area contributed by atoms with Crippen LogP contribution in [0.1, 0.15) is 30.1 Å². The van der Waals surface area contributed by atoms with Gasteiger partial charge in [0.2, 0.25) is 0 Å². The van der Waals surface area contributed by atoms with Gasteiger partial charge in [-0.3, -0.25) is 14.5 Å². The van der Waals surface area contributed by atoms with E-state index in [1.807, 2.05) is 0 Å². The predicted octanol–water partition coefficient (Wildman–Crippen LogP) is 2.70. The SMILES string of the molecule is CCCCn1cc(C=O)c(-c2ccc(F)cn2)n1. The first-order chi connectivity index (χ1) is 8.74. The lowest BCUT2D eigenvalue weighted by molar-refractivity contribution is 0.112. The molecule has 18 heavy (non-hydrogen) atoms. The minimum Gasteiger partial charge on any atom is -0.298 e. The number of aromatic nitrogens is 3. The number of carbonyl (C=O) groups is 1. The first-order valence-electron chi connectivity index (χ1n) is 5.89. The van der Waals surface area contributed by atoms with Gasteiger partial charge in [0, 0.05) is 12.7 Å². The normalized spacial score (nSPS) is 10.6. The van der Waals surface area contributed by atoms with Crippen LogP contribution < -0.4 is 0 Å². The summed E-state index contributed by atoms with van der Waals surface area (Å²) in [5.41, 5.74) is 1.49. The lowest BCUT2D eigenvalue weighted by atomic mass is 10.2. The van der Waals surface area contributed by atoms with Crippen molar-refractivity contribution in [2.24, 2.45) is 0 Å². The van der Waals surface area contributed by atoms with E-state index in [9.17, 15) is 9.18 Å². The van der Waals surface area contributed by atoms with E-state index in [-0.39, 0.29) is 0 Å². The third kappa shape index (κ3) is 2.61. The Labute approximate surface area is 104 Å². The third-order valence-corrected chi connectivity index (χ3v) is 2.63. The zero-order valence-corrected chi connectivity index (χ0v) is 10.1. The van der Waals surface area contributed by atoms with Gasteiger partial charge in [-0.1, -0.05) is 13.3 Å². The molecule has 5 heteroatoms. The molecule has 2 aromatic rings. The first kappa shape index (κ1) is 12.4.